The average Bonchev–Trinajstić information content (AvgIpc) is 2.94. The molecule has 2 aliphatic heterocycles. The van der Waals surface area contributed by atoms with Crippen LogP contribution in [0.2, 0.25) is 0 Å². The van der Waals surface area contributed by atoms with E-state index in [-0.39, 0.29) is 5.82 Å². The van der Waals surface area contributed by atoms with Gasteiger partial charge in [-0.25, -0.2) is 4.39 Å². The lowest BCUT2D eigenvalue weighted by molar-refractivity contribution is 0.147. The number of halogens is 2. The molecule has 0 aromatic heterocycles. The van der Waals surface area contributed by atoms with Gasteiger partial charge in [0, 0.05) is 37.5 Å². The molecule has 19 heavy (non-hydrogen) atoms. The van der Waals surface area contributed by atoms with Crippen LogP contribution in [0, 0.1) is 17.7 Å². The molecule has 2 heterocycles. The molecule has 1 aromatic carbocycles. The lowest BCUT2D eigenvalue weighted by Gasteiger charge is -2.17. The molecule has 5 heteroatoms. The van der Waals surface area contributed by atoms with Crippen molar-refractivity contribution in [3.63, 3.8) is 0 Å². The van der Waals surface area contributed by atoms with Gasteiger partial charge in [0.1, 0.15) is 18.2 Å². The first-order chi connectivity index (χ1) is 9.22. The highest BCUT2D eigenvalue weighted by Crippen LogP contribution is 2.28. The fourth-order valence-electron chi connectivity index (χ4n) is 2.83. The summed E-state index contributed by atoms with van der Waals surface area (Å²) in [6.07, 6.45) is 0. The van der Waals surface area contributed by atoms with Gasteiger partial charge in [0.15, 0.2) is 0 Å². The molecule has 0 amide bonds. The van der Waals surface area contributed by atoms with Crippen molar-refractivity contribution in [3.8, 4) is 5.75 Å². The zero-order chi connectivity index (χ0) is 13.2. The second kappa shape index (κ2) is 5.77. The first-order valence-electron chi connectivity index (χ1n) is 6.60. The summed E-state index contributed by atoms with van der Waals surface area (Å²) in [5, 5.41) is 0. The van der Waals surface area contributed by atoms with Gasteiger partial charge in [-0.1, -0.05) is 0 Å². The van der Waals surface area contributed by atoms with E-state index in [1.807, 2.05) is 0 Å². The van der Waals surface area contributed by atoms with Gasteiger partial charge in [-0.3, -0.25) is 4.90 Å². The minimum atomic E-state index is -0.287. The highest BCUT2D eigenvalue weighted by Gasteiger charge is 2.36. The maximum Gasteiger partial charge on any atom is 0.141 e. The molecular weight excluding hydrogens is 313 g/mol. The Bertz CT molecular complexity index is 445. The van der Waals surface area contributed by atoms with Crippen molar-refractivity contribution in [2.45, 2.75) is 0 Å². The minimum Gasteiger partial charge on any atom is -0.492 e. The van der Waals surface area contributed by atoms with Crippen LogP contribution in [0.3, 0.4) is 0 Å². The third-order valence-corrected chi connectivity index (χ3v) is 4.53. The molecule has 2 aliphatic rings. The molecule has 2 atom stereocenters. The maximum atomic E-state index is 13.3. The molecule has 2 fully saturated rings. The van der Waals surface area contributed by atoms with Crippen molar-refractivity contribution in [1.29, 1.82) is 0 Å². The van der Waals surface area contributed by atoms with Crippen molar-refractivity contribution in [3.05, 3.63) is 28.5 Å². The number of rotatable bonds is 4. The van der Waals surface area contributed by atoms with Crippen molar-refractivity contribution >= 4 is 15.9 Å². The highest BCUT2D eigenvalue weighted by molar-refractivity contribution is 9.10. The van der Waals surface area contributed by atoms with Crippen molar-refractivity contribution < 1.29 is 13.9 Å². The molecule has 0 spiro atoms. The summed E-state index contributed by atoms with van der Waals surface area (Å²) >= 11 is 3.13. The highest BCUT2D eigenvalue weighted by atomic mass is 79.9. The second-order valence-electron chi connectivity index (χ2n) is 5.24. The number of benzene rings is 1. The fourth-order valence-corrected chi connectivity index (χ4v) is 3.07. The number of ether oxygens (including phenoxy) is 2. The first kappa shape index (κ1) is 13.3. The smallest absolute Gasteiger partial charge is 0.141 e. The van der Waals surface area contributed by atoms with Crippen LogP contribution in [-0.2, 0) is 4.74 Å². The standard InChI is InChI=1S/C14H17BrFNO2/c15-13-2-1-12(5-14(13)16)19-4-3-17-6-10-8-18-9-11(10)7-17/h1-2,5,10-11H,3-4,6-9H2. The van der Waals surface area contributed by atoms with Crippen LogP contribution in [0.4, 0.5) is 4.39 Å². The summed E-state index contributed by atoms with van der Waals surface area (Å²) in [6.45, 7) is 5.50. The Hall–Kier alpha value is -0.650. The van der Waals surface area contributed by atoms with Crippen LogP contribution in [-0.4, -0.2) is 44.4 Å². The SMILES string of the molecule is Fc1cc(OCCN2CC3COCC3C2)ccc1Br. The summed E-state index contributed by atoms with van der Waals surface area (Å²) in [7, 11) is 0. The molecular formula is C14H17BrFNO2. The Labute approximate surface area is 120 Å². The van der Waals surface area contributed by atoms with E-state index < -0.39 is 0 Å². The van der Waals surface area contributed by atoms with Gasteiger partial charge in [0.25, 0.3) is 0 Å². The predicted octanol–water partition coefficient (Wildman–Crippen LogP) is 2.55. The number of hydrogen-bond acceptors (Lipinski definition) is 3. The Morgan fingerprint density at radius 1 is 1.32 bits per heavy atom. The lowest BCUT2D eigenvalue weighted by Crippen LogP contribution is -2.27. The van der Waals surface area contributed by atoms with Gasteiger partial charge < -0.3 is 9.47 Å². The Balaban J connectivity index is 1.44. The van der Waals surface area contributed by atoms with Crippen LogP contribution in [0.1, 0.15) is 0 Å². The summed E-state index contributed by atoms with van der Waals surface area (Å²) in [6, 6.07) is 4.86. The van der Waals surface area contributed by atoms with Crippen molar-refractivity contribution in [2.24, 2.45) is 11.8 Å². The van der Waals surface area contributed by atoms with Gasteiger partial charge in [0.05, 0.1) is 17.7 Å². The average molecular weight is 330 g/mol. The molecule has 1 aromatic rings. The quantitative estimate of drug-likeness (QED) is 0.847. The van der Waals surface area contributed by atoms with Gasteiger partial charge in [0.2, 0.25) is 0 Å². The first-order valence-corrected chi connectivity index (χ1v) is 7.39. The molecule has 2 unspecified atom stereocenters. The van der Waals surface area contributed by atoms with Gasteiger partial charge >= 0.3 is 0 Å². The Kier molecular flexibility index (Phi) is 4.05. The summed E-state index contributed by atoms with van der Waals surface area (Å²) < 4.78 is 24.8. The summed E-state index contributed by atoms with van der Waals surface area (Å²) in [5.74, 6) is 1.70. The van der Waals surface area contributed by atoms with E-state index >= 15 is 0 Å². The zero-order valence-electron chi connectivity index (χ0n) is 10.6. The molecule has 2 saturated heterocycles. The molecule has 3 nitrogen and oxygen atoms in total. The monoisotopic (exact) mass is 329 g/mol. The van der Waals surface area contributed by atoms with Gasteiger partial charge in [-0.05, 0) is 28.1 Å². The maximum absolute atomic E-state index is 13.3. The minimum absolute atomic E-state index is 0.287. The molecule has 0 bridgehead atoms. The predicted molar refractivity (Wildman–Crippen MR) is 73.8 cm³/mol. The van der Waals surface area contributed by atoms with Crippen molar-refractivity contribution in [2.75, 3.05) is 39.5 Å². The van der Waals surface area contributed by atoms with E-state index in [2.05, 4.69) is 20.8 Å². The van der Waals surface area contributed by atoms with Crippen LogP contribution >= 0.6 is 15.9 Å². The second-order valence-corrected chi connectivity index (χ2v) is 6.10. The van der Waals surface area contributed by atoms with E-state index in [1.54, 1.807) is 12.1 Å². The fraction of sp³-hybridized carbons (Fsp3) is 0.571. The largest absolute Gasteiger partial charge is 0.492 e. The summed E-state index contributed by atoms with van der Waals surface area (Å²) in [4.78, 5) is 2.41. The zero-order valence-corrected chi connectivity index (χ0v) is 12.2. The number of likely N-dealkylation sites (tertiary alicyclic amines) is 1. The number of hydrogen-bond donors (Lipinski definition) is 0. The lowest BCUT2D eigenvalue weighted by atomic mass is 10.0. The van der Waals surface area contributed by atoms with E-state index in [9.17, 15) is 4.39 Å². The van der Waals surface area contributed by atoms with E-state index in [0.29, 0.717) is 28.7 Å². The normalized spacial score (nSPS) is 26.6. The molecule has 3 rings (SSSR count). The van der Waals surface area contributed by atoms with Crippen LogP contribution < -0.4 is 4.74 Å². The number of nitrogens with zero attached hydrogens (tertiary/aromatic N) is 1. The number of fused-ring (bicyclic) bond motifs is 1. The van der Waals surface area contributed by atoms with Crippen LogP contribution in [0.5, 0.6) is 5.75 Å². The van der Waals surface area contributed by atoms with Crippen LogP contribution in [0.15, 0.2) is 22.7 Å². The summed E-state index contributed by atoms with van der Waals surface area (Å²) in [5.41, 5.74) is 0. The third kappa shape index (κ3) is 3.09. The Morgan fingerprint density at radius 2 is 2.05 bits per heavy atom. The molecule has 0 saturated carbocycles. The topological polar surface area (TPSA) is 21.7 Å². The van der Waals surface area contributed by atoms with Gasteiger partial charge in [-0.2, -0.15) is 0 Å². The molecule has 0 N–H and O–H groups in total. The van der Waals surface area contributed by atoms with Gasteiger partial charge in [-0.15, -0.1) is 0 Å². The van der Waals surface area contributed by atoms with Crippen LogP contribution in [0.25, 0.3) is 0 Å². The van der Waals surface area contributed by atoms with Crippen molar-refractivity contribution in [1.82, 2.24) is 4.90 Å². The van der Waals surface area contributed by atoms with E-state index in [0.717, 1.165) is 32.8 Å². The molecule has 0 radical (unpaired) electrons. The molecule has 104 valence electrons. The molecule has 0 aliphatic carbocycles. The van der Waals surface area contributed by atoms with E-state index in [4.69, 9.17) is 9.47 Å². The third-order valence-electron chi connectivity index (χ3n) is 3.88. The Morgan fingerprint density at radius 3 is 2.74 bits per heavy atom. The van der Waals surface area contributed by atoms with E-state index in [1.165, 1.54) is 6.07 Å².